The van der Waals surface area contributed by atoms with Gasteiger partial charge in [-0.1, -0.05) is 0 Å². The van der Waals surface area contributed by atoms with Crippen LogP contribution >= 0.6 is 22.6 Å². The average Bonchev–Trinajstić information content (AvgIpc) is 2.71. The van der Waals surface area contributed by atoms with Crippen LogP contribution < -0.4 is 14.9 Å². The lowest BCUT2D eigenvalue weighted by Gasteiger charge is -2.27. The number of halogens is 8. The molecule has 0 unspecified atom stereocenters. The maximum absolute atomic E-state index is 13.4. The number of nitrogens with one attached hydrogen (secondary N) is 1. The van der Waals surface area contributed by atoms with Gasteiger partial charge in [-0.05, 0) is 52.4 Å². The number of methoxy groups -OCH3 is 1. The van der Waals surface area contributed by atoms with Crippen LogP contribution in [-0.2, 0) is 6.61 Å². The molecule has 0 radical (unpaired) electrons. The lowest BCUT2D eigenvalue weighted by molar-refractivity contribution is -0.384. The molecular formula is C18H13F7IN3O4. The van der Waals surface area contributed by atoms with Gasteiger partial charge in [0.15, 0.2) is 11.5 Å². The van der Waals surface area contributed by atoms with Crippen molar-refractivity contribution in [1.29, 1.82) is 0 Å². The second-order valence-electron chi connectivity index (χ2n) is 6.26. The molecule has 0 aliphatic carbocycles. The van der Waals surface area contributed by atoms with Crippen molar-refractivity contribution >= 4 is 34.5 Å². The largest absolute Gasteiger partial charge is 0.493 e. The summed E-state index contributed by atoms with van der Waals surface area (Å²) in [5.41, 5.74) is 0.754. The molecule has 2 rings (SSSR count). The Morgan fingerprint density at radius 3 is 2.24 bits per heavy atom. The van der Waals surface area contributed by atoms with E-state index in [2.05, 4.69) is 5.10 Å². The van der Waals surface area contributed by atoms with Gasteiger partial charge in [0.05, 0.1) is 18.2 Å². The molecule has 33 heavy (non-hydrogen) atoms. The van der Waals surface area contributed by atoms with Gasteiger partial charge < -0.3 is 9.47 Å². The number of ether oxygens (including phenoxy) is 2. The Labute approximate surface area is 194 Å². The van der Waals surface area contributed by atoms with E-state index in [-0.39, 0.29) is 29.4 Å². The molecule has 1 N–H and O–H groups in total. The minimum Gasteiger partial charge on any atom is -0.493 e. The summed E-state index contributed by atoms with van der Waals surface area (Å²) in [4.78, 5) is 10.1. The number of hydrazone groups is 1. The number of benzene rings is 2. The Morgan fingerprint density at radius 2 is 1.73 bits per heavy atom. The molecule has 0 aromatic heterocycles. The zero-order valence-corrected chi connectivity index (χ0v) is 18.5. The fourth-order valence-corrected chi connectivity index (χ4v) is 2.91. The SMILES string of the molecule is COc1cc(I)cc(/C=N\NC(F)(F)C(F)(F)C(F)(F)F)c1OCc1ccc([N+](=O)[O-])cc1. The summed E-state index contributed by atoms with van der Waals surface area (Å²) >= 11 is 1.81. The Bertz CT molecular complexity index is 1030. The third-order valence-electron chi connectivity index (χ3n) is 3.96. The topological polar surface area (TPSA) is 86.0 Å². The normalized spacial score (nSPS) is 12.6. The number of alkyl halides is 7. The molecule has 0 atom stereocenters. The Balaban J connectivity index is 2.28. The van der Waals surface area contributed by atoms with Gasteiger partial charge in [-0.15, -0.1) is 0 Å². The van der Waals surface area contributed by atoms with E-state index in [1.807, 2.05) is 22.6 Å². The smallest absolute Gasteiger partial charge is 0.462 e. The Morgan fingerprint density at radius 1 is 1.12 bits per heavy atom. The average molecular weight is 595 g/mol. The van der Waals surface area contributed by atoms with Crippen molar-refractivity contribution < 1.29 is 45.1 Å². The van der Waals surface area contributed by atoms with Gasteiger partial charge >= 0.3 is 18.1 Å². The van der Waals surface area contributed by atoms with Crippen molar-refractivity contribution in [2.45, 2.75) is 24.8 Å². The summed E-state index contributed by atoms with van der Waals surface area (Å²) in [6.45, 7) is -0.175. The van der Waals surface area contributed by atoms with E-state index in [9.17, 15) is 40.8 Å². The number of hydrogen-bond donors (Lipinski definition) is 1. The van der Waals surface area contributed by atoms with Gasteiger partial charge in [-0.25, -0.2) is 5.43 Å². The molecule has 2 aromatic carbocycles. The molecule has 0 heterocycles. The quantitative estimate of drug-likeness (QED) is 0.103. The molecule has 0 aliphatic heterocycles. The molecule has 0 aliphatic rings. The Kier molecular flexibility index (Phi) is 7.97. The molecule has 0 spiro atoms. The highest BCUT2D eigenvalue weighted by atomic mass is 127. The first-order valence-corrected chi connectivity index (χ1v) is 9.63. The zero-order chi connectivity index (χ0) is 25.0. The van der Waals surface area contributed by atoms with Crippen molar-refractivity contribution in [2.24, 2.45) is 5.10 Å². The lowest BCUT2D eigenvalue weighted by atomic mass is 10.2. The van der Waals surface area contributed by atoms with Gasteiger partial charge in [0.2, 0.25) is 0 Å². The van der Waals surface area contributed by atoms with Gasteiger partial charge in [-0.2, -0.15) is 35.8 Å². The summed E-state index contributed by atoms with van der Waals surface area (Å²) in [6, 6.07) is 2.30. The van der Waals surface area contributed by atoms with E-state index in [0.29, 0.717) is 20.8 Å². The molecule has 0 bridgehead atoms. The molecule has 180 valence electrons. The molecule has 0 amide bonds. The van der Waals surface area contributed by atoms with Crippen LogP contribution in [0.1, 0.15) is 11.1 Å². The predicted octanol–water partition coefficient (Wildman–Crippen LogP) is 5.50. The van der Waals surface area contributed by atoms with E-state index in [0.717, 1.165) is 0 Å². The van der Waals surface area contributed by atoms with Crippen LogP contribution in [0.5, 0.6) is 11.5 Å². The van der Waals surface area contributed by atoms with Crippen LogP contribution in [0, 0.1) is 13.7 Å². The molecule has 2 aromatic rings. The van der Waals surface area contributed by atoms with Crippen LogP contribution in [0.25, 0.3) is 0 Å². The molecule has 7 nitrogen and oxygen atoms in total. The second kappa shape index (κ2) is 9.96. The summed E-state index contributed by atoms with van der Waals surface area (Å²) in [5, 5.41) is 13.6. The summed E-state index contributed by atoms with van der Waals surface area (Å²) in [5.74, 6) is -6.39. The van der Waals surface area contributed by atoms with E-state index in [1.54, 1.807) is 0 Å². The third-order valence-corrected chi connectivity index (χ3v) is 4.58. The number of nitro benzene ring substituents is 1. The van der Waals surface area contributed by atoms with E-state index in [4.69, 9.17) is 9.47 Å². The Hall–Kier alpha value is -2.85. The standard InChI is InChI=1S/C18H13F7IN3O4/c1-32-14-7-12(26)6-11(8-27-28-18(24,25)16(19,20)17(21,22)23)15(14)33-9-10-2-4-13(5-3-10)29(30)31/h2-8,28H,9H2,1H3/b27-8-. The van der Waals surface area contributed by atoms with Crippen LogP contribution in [-0.4, -0.2) is 36.4 Å². The lowest BCUT2D eigenvalue weighted by Crippen LogP contribution is -2.58. The second-order valence-corrected chi connectivity index (χ2v) is 7.50. The number of nitro groups is 1. The number of non-ortho nitro benzene ring substituents is 1. The molecule has 0 saturated carbocycles. The van der Waals surface area contributed by atoms with Crippen molar-refractivity contribution in [1.82, 2.24) is 5.43 Å². The minimum absolute atomic E-state index is 0.0812. The van der Waals surface area contributed by atoms with Gasteiger partial charge in [0.25, 0.3) is 5.69 Å². The maximum atomic E-state index is 13.4. The molecule has 0 fully saturated rings. The number of hydrogen-bond acceptors (Lipinski definition) is 6. The predicted molar refractivity (Wildman–Crippen MR) is 110 cm³/mol. The maximum Gasteiger partial charge on any atom is 0.462 e. The first kappa shape index (κ1) is 26.4. The van der Waals surface area contributed by atoms with Crippen LogP contribution in [0.2, 0.25) is 0 Å². The third kappa shape index (κ3) is 6.14. The highest BCUT2D eigenvalue weighted by Gasteiger charge is 2.73. The van der Waals surface area contributed by atoms with Gasteiger partial charge in [0.1, 0.15) is 6.61 Å². The number of nitrogens with zero attached hydrogens (tertiary/aromatic N) is 2. The van der Waals surface area contributed by atoms with Crippen LogP contribution in [0.3, 0.4) is 0 Å². The minimum atomic E-state index is -6.51. The van der Waals surface area contributed by atoms with Gasteiger partial charge in [0, 0.05) is 21.3 Å². The van der Waals surface area contributed by atoms with Gasteiger partial charge in [-0.3, -0.25) is 10.1 Å². The zero-order valence-electron chi connectivity index (χ0n) is 16.3. The van der Waals surface area contributed by atoms with E-state index >= 15 is 0 Å². The summed E-state index contributed by atoms with van der Waals surface area (Å²) in [7, 11) is 1.25. The number of rotatable bonds is 9. The molecule has 15 heteroatoms. The molecule has 0 saturated heterocycles. The van der Waals surface area contributed by atoms with Crippen LogP contribution in [0.15, 0.2) is 41.5 Å². The van der Waals surface area contributed by atoms with Crippen molar-refractivity contribution in [3.63, 3.8) is 0 Å². The van der Waals surface area contributed by atoms with E-state index in [1.165, 1.54) is 43.5 Å². The van der Waals surface area contributed by atoms with Crippen molar-refractivity contribution in [2.75, 3.05) is 7.11 Å². The summed E-state index contributed by atoms with van der Waals surface area (Å²) < 4.78 is 101. The fraction of sp³-hybridized carbons (Fsp3) is 0.278. The first-order valence-electron chi connectivity index (χ1n) is 8.56. The van der Waals surface area contributed by atoms with E-state index < -0.39 is 23.1 Å². The fourth-order valence-electron chi connectivity index (χ4n) is 2.29. The van der Waals surface area contributed by atoms with Crippen molar-refractivity contribution in [3.8, 4) is 11.5 Å². The van der Waals surface area contributed by atoms with Crippen molar-refractivity contribution in [3.05, 3.63) is 61.2 Å². The highest BCUT2D eigenvalue weighted by molar-refractivity contribution is 14.1. The van der Waals surface area contributed by atoms with Crippen LogP contribution in [0.4, 0.5) is 36.4 Å². The summed E-state index contributed by atoms with van der Waals surface area (Å²) in [6.07, 6.45) is -5.94. The first-order chi connectivity index (χ1) is 15.2. The monoisotopic (exact) mass is 595 g/mol. The highest BCUT2D eigenvalue weighted by Crippen LogP contribution is 2.45. The molecular weight excluding hydrogens is 582 g/mol.